The molecule has 1 saturated heterocycles. The van der Waals surface area contributed by atoms with Crippen LogP contribution in [0.25, 0.3) is 11.5 Å². The van der Waals surface area contributed by atoms with E-state index < -0.39 is 11.5 Å². The van der Waals surface area contributed by atoms with Crippen molar-refractivity contribution in [3.8, 4) is 11.5 Å². The number of hydrogen-bond acceptors (Lipinski definition) is 6. The van der Waals surface area contributed by atoms with Gasteiger partial charge in [-0.2, -0.15) is 5.10 Å². The van der Waals surface area contributed by atoms with Crippen LogP contribution < -0.4 is 4.90 Å². The van der Waals surface area contributed by atoms with E-state index in [1.807, 2.05) is 4.90 Å². The zero-order valence-electron chi connectivity index (χ0n) is 13.4. The minimum Gasteiger partial charge on any atom is -0.479 e. The molecule has 1 fully saturated rings. The summed E-state index contributed by atoms with van der Waals surface area (Å²) >= 11 is 0. The Bertz CT molecular complexity index is 852. The lowest BCUT2D eigenvalue weighted by Gasteiger charge is -2.38. The highest BCUT2D eigenvalue weighted by Crippen LogP contribution is 2.32. The number of aliphatic carboxylic acids is 1. The molecule has 0 bridgehead atoms. The van der Waals surface area contributed by atoms with Gasteiger partial charge in [0.15, 0.2) is 11.3 Å². The molecule has 8 nitrogen and oxygen atoms in total. The van der Waals surface area contributed by atoms with Crippen molar-refractivity contribution in [1.29, 1.82) is 0 Å². The molecule has 0 atom stereocenters. The number of furan rings is 1. The highest BCUT2D eigenvalue weighted by Gasteiger charge is 2.44. The Balaban J connectivity index is 1.59. The number of carboxylic acid groups (broad SMARTS) is 1. The standard InChI is InChI=1S/C17H17N5O3/c23-15(24)17(22-9-4-13(20-22)14-3-1-12-25-14)5-10-21(11-6-17)16-18-7-2-8-19-16/h1-4,7-9,12H,5-6,10-11H2,(H,23,24). The van der Waals surface area contributed by atoms with Crippen LogP contribution in [0.3, 0.4) is 0 Å². The third kappa shape index (κ3) is 2.65. The van der Waals surface area contributed by atoms with E-state index in [-0.39, 0.29) is 0 Å². The van der Waals surface area contributed by atoms with E-state index in [9.17, 15) is 9.90 Å². The molecule has 0 spiro atoms. The topological polar surface area (TPSA) is 97.3 Å². The van der Waals surface area contributed by atoms with Gasteiger partial charge in [0, 0.05) is 44.5 Å². The fourth-order valence-corrected chi connectivity index (χ4v) is 3.19. The summed E-state index contributed by atoms with van der Waals surface area (Å²) in [5.41, 5.74) is -0.449. The van der Waals surface area contributed by atoms with Crippen molar-refractivity contribution in [1.82, 2.24) is 19.7 Å². The highest BCUT2D eigenvalue weighted by atomic mass is 16.4. The lowest BCUT2D eigenvalue weighted by Crippen LogP contribution is -2.51. The molecule has 4 heterocycles. The van der Waals surface area contributed by atoms with Crippen molar-refractivity contribution in [2.45, 2.75) is 18.4 Å². The summed E-state index contributed by atoms with van der Waals surface area (Å²) in [7, 11) is 0. The molecule has 1 N–H and O–H groups in total. The van der Waals surface area contributed by atoms with Crippen LogP contribution in [0.5, 0.6) is 0 Å². The molecular weight excluding hydrogens is 322 g/mol. The number of aromatic nitrogens is 4. The first-order valence-electron chi connectivity index (χ1n) is 8.04. The van der Waals surface area contributed by atoms with Crippen LogP contribution in [-0.4, -0.2) is 43.9 Å². The Kier molecular flexibility index (Phi) is 3.72. The van der Waals surface area contributed by atoms with Gasteiger partial charge in [-0.25, -0.2) is 14.8 Å². The lowest BCUT2D eigenvalue weighted by molar-refractivity contribution is -0.149. The summed E-state index contributed by atoms with van der Waals surface area (Å²) in [6, 6.07) is 7.11. The van der Waals surface area contributed by atoms with Gasteiger partial charge < -0.3 is 14.4 Å². The monoisotopic (exact) mass is 339 g/mol. The van der Waals surface area contributed by atoms with E-state index in [2.05, 4.69) is 15.1 Å². The zero-order valence-corrected chi connectivity index (χ0v) is 13.4. The molecule has 1 aliphatic rings. The Morgan fingerprint density at radius 2 is 1.92 bits per heavy atom. The molecule has 3 aromatic rings. The van der Waals surface area contributed by atoms with Gasteiger partial charge in [0.2, 0.25) is 5.95 Å². The third-order valence-electron chi connectivity index (χ3n) is 4.62. The largest absolute Gasteiger partial charge is 0.479 e. The van der Waals surface area contributed by atoms with Crippen molar-refractivity contribution in [3.05, 3.63) is 49.1 Å². The average Bonchev–Trinajstić information content (AvgIpc) is 3.34. The molecule has 1 aliphatic heterocycles. The van der Waals surface area contributed by atoms with Crippen molar-refractivity contribution in [2.75, 3.05) is 18.0 Å². The fourth-order valence-electron chi connectivity index (χ4n) is 3.19. The SMILES string of the molecule is O=C(O)C1(n2ccc(-c3ccco3)n2)CCN(c2ncccn2)CC1. The van der Waals surface area contributed by atoms with Gasteiger partial charge in [-0.05, 0) is 24.3 Å². The van der Waals surface area contributed by atoms with E-state index >= 15 is 0 Å². The van der Waals surface area contributed by atoms with Crippen LogP contribution in [-0.2, 0) is 10.3 Å². The second-order valence-electron chi connectivity index (χ2n) is 6.00. The van der Waals surface area contributed by atoms with E-state index in [0.717, 1.165) is 0 Å². The lowest BCUT2D eigenvalue weighted by atomic mass is 9.88. The molecule has 0 radical (unpaired) electrons. The van der Waals surface area contributed by atoms with Gasteiger partial charge in [0.05, 0.1) is 6.26 Å². The quantitative estimate of drug-likeness (QED) is 0.776. The van der Waals surface area contributed by atoms with Gasteiger partial charge in [0.25, 0.3) is 0 Å². The van der Waals surface area contributed by atoms with Gasteiger partial charge >= 0.3 is 5.97 Å². The summed E-state index contributed by atoms with van der Waals surface area (Å²) in [5, 5.41) is 14.4. The number of carbonyl (C=O) groups is 1. The number of hydrogen-bond donors (Lipinski definition) is 1. The van der Waals surface area contributed by atoms with Crippen LogP contribution in [0.1, 0.15) is 12.8 Å². The second kappa shape index (κ2) is 6.04. The summed E-state index contributed by atoms with van der Waals surface area (Å²) < 4.78 is 6.89. The Labute approximate surface area is 143 Å². The molecule has 4 rings (SSSR count). The summed E-state index contributed by atoms with van der Waals surface area (Å²) in [4.78, 5) is 22.6. The molecular formula is C17H17N5O3. The summed E-state index contributed by atoms with van der Waals surface area (Å²) in [6.45, 7) is 1.10. The maximum absolute atomic E-state index is 12.1. The molecule has 0 aliphatic carbocycles. The van der Waals surface area contributed by atoms with E-state index in [0.29, 0.717) is 43.3 Å². The van der Waals surface area contributed by atoms with Crippen LogP contribution in [0.2, 0.25) is 0 Å². The fraction of sp³-hybridized carbons (Fsp3) is 0.294. The van der Waals surface area contributed by atoms with Gasteiger partial charge in [-0.1, -0.05) is 0 Å². The third-order valence-corrected chi connectivity index (χ3v) is 4.62. The molecule has 8 heteroatoms. The smallest absolute Gasteiger partial charge is 0.331 e. The van der Waals surface area contributed by atoms with E-state index in [4.69, 9.17) is 4.42 Å². The number of nitrogens with zero attached hydrogens (tertiary/aromatic N) is 5. The first-order chi connectivity index (χ1) is 12.2. The molecule has 128 valence electrons. The van der Waals surface area contributed by atoms with E-state index in [1.165, 1.54) is 0 Å². The minimum absolute atomic E-state index is 0.417. The number of rotatable bonds is 4. The van der Waals surface area contributed by atoms with Gasteiger partial charge in [0.1, 0.15) is 5.69 Å². The van der Waals surface area contributed by atoms with Gasteiger partial charge in [-0.3, -0.25) is 4.68 Å². The van der Waals surface area contributed by atoms with Crippen molar-refractivity contribution >= 4 is 11.9 Å². The Hall–Kier alpha value is -3.16. The maximum Gasteiger partial charge on any atom is 0.331 e. The van der Waals surface area contributed by atoms with Crippen LogP contribution in [0, 0.1) is 0 Å². The predicted molar refractivity (Wildman–Crippen MR) is 89.0 cm³/mol. The Morgan fingerprint density at radius 1 is 1.16 bits per heavy atom. The average molecular weight is 339 g/mol. The number of carboxylic acids is 1. The first-order valence-corrected chi connectivity index (χ1v) is 8.04. The van der Waals surface area contributed by atoms with Crippen molar-refractivity contribution < 1.29 is 14.3 Å². The molecule has 25 heavy (non-hydrogen) atoms. The molecule has 0 saturated carbocycles. The zero-order chi connectivity index (χ0) is 17.3. The molecule has 0 aromatic carbocycles. The maximum atomic E-state index is 12.1. The normalized spacial score (nSPS) is 16.7. The van der Waals surface area contributed by atoms with Crippen LogP contribution in [0.4, 0.5) is 5.95 Å². The second-order valence-corrected chi connectivity index (χ2v) is 6.00. The number of piperidine rings is 1. The Morgan fingerprint density at radius 3 is 2.56 bits per heavy atom. The van der Waals surface area contributed by atoms with Crippen LogP contribution in [0.15, 0.2) is 53.5 Å². The van der Waals surface area contributed by atoms with Gasteiger partial charge in [-0.15, -0.1) is 0 Å². The van der Waals surface area contributed by atoms with Crippen LogP contribution >= 0.6 is 0 Å². The molecule has 0 amide bonds. The number of anilines is 1. The first kappa shape index (κ1) is 15.4. The molecule has 3 aromatic heterocycles. The van der Waals surface area contributed by atoms with Crippen molar-refractivity contribution in [2.24, 2.45) is 0 Å². The minimum atomic E-state index is -1.07. The van der Waals surface area contributed by atoms with E-state index in [1.54, 1.807) is 53.8 Å². The summed E-state index contributed by atoms with van der Waals surface area (Å²) in [6.07, 6.45) is 7.48. The predicted octanol–water partition coefficient (Wildman–Crippen LogP) is 2.01. The highest BCUT2D eigenvalue weighted by molar-refractivity contribution is 5.77. The molecule has 0 unspecified atom stereocenters. The summed E-state index contributed by atoms with van der Waals surface area (Å²) in [5.74, 6) is 0.364. The van der Waals surface area contributed by atoms with Crippen molar-refractivity contribution in [3.63, 3.8) is 0 Å².